The summed E-state index contributed by atoms with van der Waals surface area (Å²) in [6.45, 7) is 2.83. The van der Waals surface area contributed by atoms with Crippen molar-refractivity contribution in [3.8, 4) is 0 Å². The van der Waals surface area contributed by atoms with Crippen LogP contribution in [-0.4, -0.2) is 17.5 Å². The molecular formula is C22H23N3O2. The molecule has 2 unspecified atom stereocenters. The summed E-state index contributed by atoms with van der Waals surface area (Å²) in [5.41, 5.74) is 4.23. The van der Waals surface area contributed by atoms with Crippen molar-refractivity contribution in [1.82, 2.24) is 5.16 Å². The number of para-hydroxylation sites is 1. The number of ketones is 1. The summed E-state index contributed by atoms with van der Waals surface area (Å²) in [7, 11) is 0. The molecule has 2 aliphatic rings. The first-order valence-electron chi connectivity index (χ1n) is 9.84. The maximum atomic E-state index is 13.5. The number of hydrogen-bond donors (Lipinski definition) is 2. The van der Waals surface area contributed by atoms with Crippen molar-refractivity contribution in [3.63, 3.8) is 0 Å². The van der Waals surface area contributed by atoms with Crippen LogP contribution in [0.1, 0.15) is 54.6 Å². The quantitative estimate of drug-likeness (QED) is 0.645. The summed E-state index contributed by atoms with van der Waals surface area (Å²) in [6.07, 6.45) is 4.20. The highest BCUT2D eigenvalue weighted by atomic mass is 16.5. The zero-order valence-electron chi connectivity index (χ0n) is 15.4. The third kappa shape index (κ3) is 2.52. The SMILES string of the molecule is CCNc1cc(Nc2ccccc2)c2c3c(onc13)C1CCCCC1C2=O. The molecule has 5 rings (SSSR count). The summed E-state index contributed by atoms with van der Waals surface area (Å²) in [6, 6.07) is 12.0. The number of hydrogen-bond acceptors (Lipinski definition) is 5. The molecule has 3 aromatic rings. The first-order valence-corrected chi connectivity index (χ1v) is 9.84. The number of rotatable bonds is 4. The number of aromatic nitrogens is 1. The molecule has 0 bridgehead atoms. The lowest BCUT2D eigenvalue weighted by atomic mass is 9.69. The Balaban J connectivity index is 1.74. The van der Waals surface area contributed by atoms with E-state index in [0.717, 1.165) is 71.5 Å². The van der Waals surface area contributed by atoms with Gasteiger partial charge >= 0.3 is 0 Å². The summed E-state index contributed by atoms with van der Waals surface area (Å²) >= 11 is 0. The predicted molar refractivity (Wildman–Crippen MR) is 107 cm³/mol. The van der Waals surface area contributed by atoms with Crippen LogP contribution >= 0.6 is 0 Å². The van der Waals surface area contributed by atoms with Crippen LogP contribution in [0.3, 0.4) is 0 Å². The van der Waals surface area contributed by atoms with E-state index in [-0.39, 0.29) is 17.6 Å². The van der Waals surface area contributed by atoms with Crippen LogP contribution in [0.4, 0.5) is 17.1 Å². The Morgan fingerprint density at radius 2 is 1.89 bits per heavy atom. The molecule has 1 saturated carbocycles. The maximum Gasteiger partial charge on any atom is 0.169 e. The van der Waals surface area contributed by atoms with Crippen LogP contribution < -0.4 is 10.6 Å². The fourth-order valence-corrected chi connectivity index (χ4v) is 4.70. The van der Waals surface area contributed by atoms with Gasteiger partial charge in [-0.05, 0) is 38.0 Å². The number of nitrogens with zero attached hydrogens (tertiary/aromatic N) is 1. The van der Waals surface area contributed by atoms with E-state index in [1.165, 1.54) is 0 Å². The molecule has 1 aromatic heterocycles. The van der Waals surface area contributed by atoms with Crippen LogP contribution in [0, 0.1) is 5.92 Å². The van der Waals surface area contributed by atoms with Gasteiger partial charge in [-0.15, -0.1) is 0 Å². The molecule has 27 heavy (non-hydrogen) atoms. The molecule has 0 saturated heterocycles. The third-order valence-electron chi connectivity index (χ3n) is 5.89. The minimum absolute atomic E-state index is 0.0173. The number of benzene rings is 2. The Labute approximate surface area is 158 Å². The number of anilines is 3. The zero-order valence-corrected chi connectivity index (χ0v) is 15.4. The van der Waals surface area contributed by atoms with Gasteiger partial charge in [0, 0.05) is 24.1 Å². The van der Waals surface area contributed by atoms with Gasteiger partial charge in [-0.3, -0.25) is 4.79 Å². The Kier molecular flexibility index (Phi) is 3.88. The van der Waals surface area contributed by atoms with Gasteiger partial charge in [0.05, 0.1) is 22.3 Å². The highest BCUT2D eigenvalue weighted by Crippen LogP contribution is 2.50. The molecular weight excluding hydrogens is 338 g/mol. The van der Waals surface area contributed by atoms with E-state index in [1.807, 2.05) is 36.4 Å². The fraction of sp³-hybridized carbons (Fsp3) is 0.364. The second-order valence-corrected chi connectivity index (χ2v) is 7.50. The Morgan fingerprint density at radius 3 is 2.67 bits per heavy atom. The molecule has 1 fully saturated rings. The first kappa shape index (κ1) is 16.4. The van der Waals surface area contributed by atoms with E-state index in [4.69, 9.17) is 4.52 Å². The van der Waals surface area contributed by atoms with E-state index < -0.39 is 0 Å². The van der Waals surface area contributed by atoms with E-state index in [1.54, 1.807) is 0 Å². The Morgan fingerprint density at radius 1 is 1.11 bits per heavy atom. The van der Waals surface area contributed by atoms with Crippen molar-refractivity contribution in [3.05, 3.63) is 47.7 Å². The van der Waals surface area contributed by atoms with E-state index in [2.05, 4.69) is 22.7 Å². The van der Waals surface area contributed by atoms with E-state index in [0.29, 0.717) is 0 Å². The molecule has 2 atom stereocenters. The smallest absolute Gasteiger partial charge is 0.169 e. The van der Waals surface area contributed by atoms with Crippen molar-refractivity contribution in [2.75, 3.05) is 17.2 Å². The second kappa shape index (κ2) is 6.41. The van der Waals surface area contributed by atoms with Crippen molar-refractivity contribution >= 4 is 33.7 Å². The first-order chi connectivity index (χ1) is 13.3. The normalized spacial score (nSPS) is 21.1. The lowest BCUT2D eigenvalue weighted by Gasteiger charge is -2.33. The molecule has 2 aromatic carbocycles. The highest BCUT2D eigenvalue weighted by Gasteiger charge is 2.43. The predicted octanol–water partition coefficient (Wildman–Crippen LogP) is 5.47. The van der Waals surface area contributed by atoms with Crippen LogP contribution in [0.15, 0.2) is 40.9 Å². The summed E-state index contributed by atoms with van der Waals surface area (Å²) < 4.78 is 5.84. The highest BCUT2D eigenvalue weighted by molar-refractivity contribution is 6.18. The molecule has 5 heteroatoms. The van der Waals surface area contributed by atoms with Crippen LogP contribution in [-0.2, 0) is 0 Å². The molecule has 138 valence electrons. The number of Topliss-reactive ketones (excluding diaryl/α,β-unsaturated/α-hetero) is 1. The largest absolute Gasteiger partial charge is 0.383 e. The molecule has 0 aliphatic heterocycles. The van der Waals surface area contributed by atoms with Gasteiger partial charge in [0.25, 0.3) is 0 Å². The monoisotopic (exact) mass is 361 g/mol. The second-order valence-electron chi connectivity index (χ2n) is 7.50. The molecule has 2 aliphatic carbocycles. The third-order valence-corrected chi connectivity index (χ3v) is 5.89. The maximum absolute atomic E-state index is 13.5. The van der Waals surface area contributed by atoms with Gasteiger partial charge in [0.1, 0.15) is 11.3 Å². The zero-order chi connectivity index (χ0) is 18.4. The minimum Gasteiger partial charge on any atom is -0.383 e. The number of fused-ring (bicyclic) bond motifs is 2. The van der Waals surface area contributed by atoms with Gasteiger partial charge in [0.2, 0.25) is 0 Å². The summed E-state index contributed by atoms with van der Waals surface area (Å²) in [5.74, 6) is 1.33. The standard InChI is InChI=1S/C22H23N3O2/c1-2-23-17-12-16(24-13-8-4-3-5-9-13)18-19-20(17)25-27-22(19)15-11-7-6-10-14(15)21(18)26/h3-5,8-9,12,14-15,23-24H,2,6-7,10-11H2,1H3. The van der Waals surface area contributed by atoms with Crippen LogP contribution in [0.2, 0.25) is 0 Å². The molecule has 0 amide bonds. The van der Waals surface area contributed by atoms with E-state index >= 15 is 0 Å². The average Bonchev–Trinajstić information content (AvgIpc) is 3.14. The number of carbonyl (C=O) groups excluding carboxylic acids is 1. The average molecular weight is 361 g/mol. The molecule has 0 radical (unpaired) electrons. The molecule has 1 heterocycles. The van der Waals surface area contributed by atoms with Crippen LogP contribution in [0.25, 0.3) is 10.9 Å². The van der Waals surface area contributed by atoms with Gasteiger partial charge in [-0.25, -0.2) is 0 Å². The summed E-state index contributed by atoms with van der Waals surface area (Å²) in [5, 5.41) is 12.1. The van der Waals surface area contributed by atoms with Crippen molar-refractivity contribution in [1.29, 1.82) is 0 Å². The Hall–Kier alpha value is -2.82. The lowest BCUT2D eigenvalue weighted by molar-refractivity contribution is 0.0849. The fourth-order valence-electron chi connectivity index (χ4n) is 4.70. The molecule has 5 nitrogen and oxygen atoms in total. The van der Waals surface area contributed by atoms with Crippen molar-refractivity contribution in [2.24, 2.45) is 5.92 Å². The topological polar surface area (TPSA) is 67.2 Å². The van der Waals surface area contributed by atoms with Crippen LogP contribution in [0.5, 0.6) is 0 Å². The van der Waals surface area contributed by atoms with Crippen molar-refractivity contribution < 1.29 is 9.32 Å². The van der Waals surface area contributed by atoms with Gasteiger partial charge in [-0.2, -0.15) is 0 Å². The molecule has 0 spiro atoms. The number of nitrogens with one attached hydrogen (secondary N) is 2. The molecule has 2 N–H and O–H groups in total. The number of carbonyl (C=O) groups is 1. The van der Waals surface area contributed by atoms with Crippen molar-refractivity contribution in [2.45, 2.75) is 38.5 Å². The van der Waals surface area contributed by atoms with Gasteiger partial charge in [0.15, 0.2) is 5.78 Å². The minimum atomic E-state index is 0.0173. The lowest BCUT2D eigenvalue weighted by Crippen LogP contribution is -2.30. The van der Waals surface area contributed by atoms with Gasteiger partial charge < -0.3 is 15.2 Å². The summed E-state index contributed by atoms with van der Waals surface area (Å²) in [4.78, 5) is 13.5. The van der Waals surface area contributed by atoms with Gasteiger partial charge in [-0.1, -0.05) is 36.2 Å². The van der Waals surface area contributed by atoms with E-state index in [9.17, 15) is 4.79 Å². The Bertz CT molecular complexity index is 1010.